The standard InChI is InChI=1S/C18H19N3O2S2/c1-11(2)17-20-13(9-24-17)8-19-16(22)15-10-25-18(21-15)12-4-6-14(23-3)7-5-12/h4-7,9-11H,8H2,1-3H3,(H,19,22). The summed E-state index contributed by atoms with van der Waals surface area (Å²) in [5.41, 5.74) is 2.27. The minimum Gasteiger partial charge on any atom is -0.497 e. The summed E-state index contributed by atoms with van der Waals surface area (Å²) in [6.45, 7) is 4.63. The molecule has 2 aromatic heterocycles. The first-order valence-electron chi connectivity index (χ1n) is 7.89. The number of thiazole rings is 2. The van der Waals surface area contributed by atoms with E-state index in [-0.39, 0.29) is 5.91 Å². The highest BCUT2D eigenvalue weighted by atomic mass is 32.1. The number of nitrogens with zero attached hydrogens (tertiary/aromatic N) is 2. The van der Waals surface area contributed by atoms with E-state index in [0.717, 1.165) is 27.0 Å². The van der Waals surface area contributed by atoms with Crippen LogP contribution in [0.1, 0.15) is 41.0 Å². The normalized spacial score (nSPS) is 10.9. The van der Waals surface area contributed by atoms with Gasteiger partial charge in [0.25, 0.3) is 5.91 Å². The number of benzene rings is 1. The van der Waals surface area contributed by atoms with E-state index < -0.39 is 0 Å². The third-order valence-corrected chi connectivity index (χ3v) is 5.65. The number of rotatable bonds is 6. The second kappa shape index (κ2) is 7.76. The minimum atomic E-state index is -0.185. The number of hydrogen-bond donors (Lipinski definition) is 1. The van der Waals surface area contributed by atoms with Crippen LogP contribution in [0.3, 0.4) is 0 Å². The Morgan fingerprint density at radius 2 is 1.92 bits per heavy atom. The van der Waals surface area contributed by atoms with Crippen LogP contribution in [-0.2, 0) is 6.54 Å². The van der Waals surface area contributed by atoms with Gasteiger partial charge in [-0.1, -0.05) is 13.8 Å². The van der Waals surface area contributed by atoms with Gasteiger partial charge in [-0.05, 0) is 24.3 Å². The van der Waals surface area contributed by atoms with E-state index >= 15 is 0 Å². The predicted octanol–water partition coefficient (Wildman–Crippen LogP) is 4.33. The molecule has 0 unspecified atom stereocenters. The minimum absolute atomic E-state index is 0.185. The van der Waals surface area contributed by atoms with E-state index in [0.29, 0.717) is 18.2 Å². The highest BCUT2D eigenvalue weighted by Gasteiger charge is 2.13. The lowest BCUT2D eigenvalue weighted by Gasteiger charge is -2.01. The van der Waals surface area contributed by atoms with Crippen molar-refractivity contribution in [2.24, 2.45) is 0 Å². The summed E-state index contributed by atoms with van der Waals surface area (Å²) in [7, 11) is 1.63. The molecule has 0 fully saturated rings. The van der Waals surface area contributed by atoms with E-state index in [4.69, 9.17) is 4.74 Å². The van der Waals surface area contributed by atoms with Crippen molar-refractivity contribution < 1.29 is 9.53 Å². The Morgan fingerprint density at radius 1 is 1.16 bits per heavy atom. The molecular formula is C18H19N3O2S2. The summed E-state index contributed by atoms with van der Waals surface area (Å²) in [6.07, 6.45) is 0. The summed E-state index contributed by atoms with van der Waals surface area (Å²) in [4.78, 5) is 21.2. The molecule has 3 aromatic rings. The van der Waals surface area contributed by atoms with Crippen molar-refractivity contribution in [2.45, 2.75) is 26.3 Å². The smallest absolute Gasteiger partial charge is 0.271 e. The SMILES string of the molecule is COc1ccc(-c2nc(C(=O)NCc3csc(C(C)C)n3)cs2)cc1. The van der Waals surface area contributed by atoms with Crippen molar-refractivity contribution >= 4 is 28.6 Å². The van der Waals surface area contributed by atoms with Crippen molar-refractivity contribution in [3.63, 3.8) is 0 Å². The molecule has 1 amide bonds. The number of carbonyl (C=O) groups is 1. The zero-order chi connectivity index (χ0) is 17.8. The Labute approximate surface area is 154 Å². The predicted molar refractivity (Wildman–Crippen MR) is 101 cm³/mol. The average Bonchev–Trinajstić information content (AvgIpc) is 3.29. The van der Waals surface area contributed by atoms with Crippen LogP contribution in [0.4, 0.5) is 0 Å². The second-order valence-corrected chi connectivity index (χ2v) is 7.53. The largest absolute Gasteiger partial charge is 0.497 e. The number of aromatic nitrogens is 2. The van der Waals surface area contributed by atoms with Gasteiger partial charge in [-0.2, -0.15) is 0 Å². The first kappa shape index (κ1) is 17.6. The monoisotopic (exact) mass is 373 g/mol. The number of methoxy groups -OCH3 is 1. The van der Waals surface area contributed by atoms with Crippen molar-refractivity contribution in [3.05, 3.63) is 51.4 Å². The van der Waals surface area contributed by atoms with Gasteiger partial charge in [0.1, 0.15) is 16.5 Å². The van der Waals surface area contributed by atoms with Crippen LogP contribution >= 0.6 is 22.7 Å². The van der Waals surface area contributed by atoms with E-state index in [1.807, 2.05) is 29.6 Å². The van der Waals surface area contributed by atoms with Crippen LogP contribution < -0.4 is 10.1 Å². The highest BCUT2D eigenvalue weighted by molar-refractivity contribution is 7.13. The van der Waals surface area contributed by atoms with Gasteiger partial charge in [-0.3, -0.25) is 4.79 Å². The number of nitrogens with one attached hydrogen (secondary N) is 1. The fourth-order valence-corrected chi connectivity index (χ4v) is 3.82. The van der Waals surface area contributed by atoms with Crippen LogP contribution in [0, 0.1) is 0 Å². The molecule has 7 heteroatoms. The molecule has 0 atom stereocenters. The topological polar surface area (TPSA) is 64.1 Å². The van der Waals surface area contributed by atoms with Crippen LogP contribution in [0.2, 0.25) is 0 Å². The Bertz CT molecular complexity index is 853. The third kappa shape index (κ3) is 4.24. The molecule has 0 radical (unpaired) electrons. The van der Waals surface area contributed by atoms with Gasteiger partial charge in [0.05, 0.1) is 24.4 Å². The summed E-state index contributed by atoms with van der Waals surface area (Å²) >= 11 is 3.07. The second-order valence-electron chi connectivity index (χ2n) is 5.78. The summed E-state index contributed by atoms with van der Waals surface area (Å²) in [6, 6.07) is 7.63. The summed E-state index contributed by atoms with van der Waals surface area (Å²) < 4.78 is 5.15. The van der Waals surface area contributed by atoms with Gasteiger partial charge in [0.2, 0.25) is 0 Å². The first-order valence-corrected chi connectivity index (χ1v) is 9.65. The summed E-state index contributed by atoms with van der Waals surface area (Å²) in [5, 5.41) is 8.53. The molecule has 0 aliphatic carbocycles. The molecule has 0 saturated carbocycles. The molecular weight excluding hydrogens is 354 g/mol. The number of carbonyl (C=O) groups excluding carboxylic acids is 1. The van der Waals surface area contributed by atoms with Crippen molar-refractivity contribution in [3.8, 4) is 16.3 Å². The molecule has 0 aliphatic heterocycles. The lowest BCUT2D eigenvalue weighted by molar-refractivity contribution is 0.0946. The maximum Gasteiger partial charge on any atom is 0.271 e. The van der Waals surface area contributed by atoms with E-state index in [1.54, 1.807) is 23.8 Å². The maximum absolute atomic E-state index is 12.3. The third-order valence-electron chi connectivity index (χ3n) is 3.57. The molecule has 2 heterocycles. The number of ether oxygens (including phenoxy) is 1. The van der Waals surface area contributed by atoms with Gasteiger partial charge >= 0.3 is 0 Å². The Hall–Kier alpha value is -2.25. The summed E-state index contributed by atoms with van der Waals surface area (Å²) in [5.74, 6) is 1.01. The fourth-order valence-electron chi connectivity index (χ4n) is 2.17. The Morgan fingerprint density at radius 3 is 2.56 bits per heavy atom. The molecule has 3 rings (SSSR count). The van der Waals surface area contributed by atoms with Crippen LogP contribution in [0.5, 0.6) is 5.75 Å². The molecule has 25 heavy (non-hydrogen) atoms. The van der Waals surface area contributed by atoms with E-state index in [2.05, 4.69) is 29.1 Å². The van der Waals surface area contributed by atoms with Gasteiger partial charge in [-0.15, -0.1) is 22.7 Å². The maximum atomic E-state index is 12.3. The number of hydrogen-bond acceptors (Lipinski definition) is 6. The Balaban J connectivity index is 1.63. The van der Waals surface area contributed by atoms with Crippen LogP contribution in [-0.4, -0.2) is 23.0 Å². The van der Waals surface area contributed by atoms with E-state index in [9.17, 15) is 4.79 Å². The lowest BCUT2D eigenvalue weighted by atomic mass is 10.2. The molecule has 0 spiro atoms. The first-order chi connectivity index (χ1) is 12.1. The van der Waals surface area contributed by atoms with E-state index in [1.165, 1.54) is 11.3 Å². The average molecular weight is 374 g/mol. The molecule has 1 N–H and O–H groups in total. The van der Waals surface area contributed by atoms with Gasteiger partial charge < -0.3 is 10.1 Å². The van der Waals surface area contributed by atoms with Gasteiger partial charge in [-0.25, -0.2) is 9.97 Å². The van der Waals surface area contributed by atoms with Crippen LogP contribution in [0.25, 0.3) is 10.6 Å². The Kier molecular flexibility index (Phi) is 5.45. The molecule has 0 saturated heterocycles. The quantitative estimate of drug-likeness (QED) is 0.698. The number of amides is 1. The zero-order valence-electron chi connectivity index (χ0n) is 14.3. The van der Waals surface area contributed by atoms with Crippen molar-refractivity contribution in [2.75, 3.05) is 7.11 Å². The zero-order valence-corrected chi connectivity index (χ0v) is 15.9. The highest BCUT2D eigenvalue weighted by Crippen LogP contribution is 2.25. The molecule has 0 bridgehead atoms. The molecule has 0 aliphatic rings. The molecule has 5 nitrogen and oxygen atoms in total. The fraction of sp³-hybridized carbons (Fsp3) is 0.278. The van der Waals surface area contributed by atoms with Crippen molar-refractivity contribution in [1.82, 2.24) is 15.3 Å². The van der Waals surface area contributed by atoms with Gasteiger partial charge in [0, 0.05) is 22.2 Å². The van der Waals surface area contributed by atoms with Crippen molar-refractivity contribution in [1.29, 1.82) is 0 Å². The van der Waals surface area contributed by atoms with Gasteiger partial charge in [0.15, 0.2) is 0 Å². The lowest BCUT2D eigenvalue weighted by Crippen LogP contribution is -2.23. The molecule has 1 aromatic carbocycles. The van der Waals surface area contributed by atoms with Crippen LogP contribution in [0.15, 0.2) is 35.0 Å². The molecule has 130 valence electrons.